The van der Waals surface area contributed by atoms with E-state index in [1.807, 2.05) is 0 Å². The van der Waals surface area contributed by atoms with Crippen molar-refractivity contribution in [1.29, 1.82) is 5.26 Å². The molecule has 2 aliphatic heterocycles. The van der Waals surface area contributed by atoms with Crippen molar-refractivity contribution >= 4 is 14.1 Å². The Bertz CT molecular complexity index is 345. The number of carbonyl (C=O) groups is 1. The second kappa shape index (κ2) is 7.89. The van der Waals surface area contributed by atoms with Crippen LogP contribution in [0.15, 0.2) is 0 Å². The van der Waals surface area contributed by atoms with Crippen molar-refractivity contribution in [3.8, 4) is 6.07 Å². The van der Waals surface area contributed by atoms with E-state index in [-0.39, 0.29) is 0 Å². The Morgan fingerprint density at radius 1 is 1.10 bits per heavy atom. The lowest BCUT2D eigenvalue weighted by Crippen LogP contribution is -2.45. The molecule has 2 rings (SSSR count). The summed E-state index contributed by atoms with van der Waals surface area (Å²) < 4.78 is 16.1. The molecule has 0 aromatic carbocycles. The summed E-state index contributed by atoms with van der Waals surface area (Å²) in [6.07, 6.45) is 2.68. The molecule has 0 unspecified atom stereocenters. The highest BCUT2D eigenvalue weighted by atomic mass is 28.4. The molecule has 0 radical (unpaired) electrons. The van der Waals surface area contributed by atoms with Gasteiger partial charge in [-0.3, -0.25) is 4.79 Å². The maximum absolute atomic E-state index is 10.4. The van der Waals surface area contributed by atoms with Gasteiger partial charge in [-0.25, -0.2) is 0 Å². The van der Waals surface area contributed by atoms with Crippen LogP contribution in [-0.2, 0) is 18.7 Å². The molecule has 0 atom stereocenters. The van der Waals surface area contributed by atoms with Crippen LogP contribution in [0.3, 0.4) is 0 Å². The predicted molar refractivity (Wildman–Crippen MR) is 77.9 cm³/mol. The Labute approximate surface area is 122 Å². The number of hydrogen-bond acceptors (Lipinski definition) is 5. The smallest absolute Gasteiger partial charge is 0.185 e. The van der Waals surface area contributed by atoms with Gasteiger partial charge in [-0.15, -0.1) is 0 Å². The molecule has 2 saturated heterocycles. The fourth-order valence-corrected chi connectivity index (χ4v) is 3.54. The lowest BCUT2D eigenvalue weighted by atomic mass is 9.97. The molecule has 0 aliphatic carbocycles. The lowest BCUT2D eigenvalue weighted by molar-refractivity contribution is -0.124. The molecule has 2 heterocycles. The Morgan fingerprint density at radius 3 is 1.95 bits per heavy atom. The van der Waals surface area contributed by atoms with E-state index in [1.165, 1.54) is 0 Å². The number of nitrogens with zero attached hydrogens (tertiary/aromatic N) is 1. The Balaban J connectivity index is 0.000000240. The molecule has 2 fully saturated rings. The maximum Gasteiger partial charge on any atom is 0.185 e. The van der Waals surface area contributed by atoms with Crippen molar-refractivity contribution in [2.75, 3.05) is 26.4 Å². The average Bonchev–Trinajstić information content (AvgIpc) is 2.39. The first-order chi connectivity index (χ1) is 9.37. The third-order valence-corrected chi connectivity index (χ3v) is 4.06. The van der Waals surface area contributed by atoms with Crippen molar-refractivity contribution in [2.45, 2.75) is 50.9 Å². The molecule has 114 valence electrons. The quantitative estimate of drug-likeness (QED) is 0.732. The number of ketones is 1. The molecule has 2 aliphatic rings. The van der Waals surface area contributed by atoms with Crippen LogP contribution >= 0.6 is 0 Å². The SMILES string of the molecule is C[Si](C)(C)OC1(C#N)CCOCC1.O=C1CCOCC1. The summed E-state index contributed by atoms with van der Waals surface area (Å²) in [4.78, 5) is 10.4. The molecule has 0 bridgehead atoms. The monoisotopic (exact) mass is 299 g/mol. The molecule has 0 spiro atoms. The van der Waals surface area contributed by atoms with Gasteiger partial charge in [0.15, 0.2) is 8.32 Å². The Kier molecular flexibility index (Phi) is 6.82. The molecule has 20 heavy (non-hydrogen) atoms. The minimum absolute atomic E-state index is 0.339. The van der Waals surface area contributed by atoms with Crippen LogP contribution < -0.4 is 0 Å². The van der Waals surface area contributed by atoms with Crippen molar-refractivity contribution in [2.24, 2.45) is 0 Å². The van der Waals surface area contributed by atoms with Crippen LogP contribution in [-0.4, -0.2) is 46.1 Å². The first kappa shape index (κ1) is 17.3. The van der Waals surface area contributed by atoms with E-state index >= 15 is 0 Å². The Morgan fingerprint density at radius 2 is 1.60 bits per heavy atom. The summed E-state index contributed by atoms with van der Waals surface area (Å²) in [5.74, 6) is 0.339. The molecule has 5 nitrogen and oxygen atoms in total. The van der Waals surface area contributed by atoms with Gasteiger partial charge >= 0.3 is 0 Å². The zero-order valence-corrected chi connectivity index (χ0v) is 13.7. The van der Waals surface area contributed by atoms with Crippen LogP contribution in [0.5, 0.6) is 0 Å². The van der Waals surface area contributed by atoms with Crippen molar-refractivity contribution in [3.05, 3.63) is 0 Å². The van der Waals surface area contributed by atoms with Crippen LogP contribution in [0.2, 0.25) is 19.6 Å². The lowest BCUT2D eigenvalue weighted by Gasteiger charge is -2.36. The minimum Gasteiger partial charge on any atom is -0.400 e. The second-order valence-corrected chi connectivity index (χ2v) is 10.5. The summed E-state index contributed by atoms with van der Waals surface area (Å²) >= 11 is 0. The first-order valence-electron chi connectivity index (χ1n) is 7.15. The maximum atomic E-state index is 10.4. The van der Waals surface area contributed by atoms with Crippen LogP contribution in [0.4, 0.5) is 0 Å². The van der Waals surface area contributed by atoms with Gasteiger partial charge in [0.2, 0.25) is 0 Å². The summed E-state index contributed by atoms with van der Waals surface area (Å²) in [5, 5.41) is 9.10. The van der Waals surface area contributed by atoms with Crippen LogP contribution in [0.1, 0.15) is 25.7 Å². The normalized spacial score (nSPS) is 22.4. The summed E-state index contributed by atoms with van der Waals surface area (Å²) in [6.45, 7) is 8.92. The third-order valence-electron chi connectivity index (χ3n) is 3.06. The van der Waals surface area contributed by atoms with E-state index in [2.05, 4.69) is 25.7 Å². The summed E-state index contributed by atoms with van der Waals surface area (Å²) in [7, 11) is -1.62. The third kappa shape index (κ3) is 6.62. The van der Waals surface area contributed by atoms with Crippen LogP contribution in [0, 0.1) is 11.3 Å². The van der Waals surface area contributed by atoms with Crippen molar-refractivity contribution in [3.63, 3.8) is 0 Å². The van der Waals surface area contributed by atoms with Gasteiger partial charge in [-0.1, -0.05) is 0 Å². The number of hydrogen-bond donors (Lipinski definition) is 0. The minimum atomic E-state index is -1.62. The number of nitriles is 1. The van der Waals surface area contributed by atoms with Gasteiger partial charge in [-0.05, 0) is 19.6 Å². The van der Waals surface area contributed by atoms with E-state index < -0.39 is 13.9 Å². The van der Waals surface area contributed by atoms with E-state index in [9.17, 15) is 4.79 Å². The first-order valence-corrected chi connectivity index (χ1v) is 10.6. The molecule has 0 aromatic rings. The van der Waals surface area contributed by atoms with Crippen molar-refractivity contribution < 1.29 is 18.7 Å². The number of rotatable bonds is 2. The molecule has 6 heteroatoms. The largest absolute Gasteiger partial charge is 0.400 e. The number of Topliss-reactive ketones (excluding diaryl/α,β-unsaturated/α-hetero) is 1. The van der Waals surface area contributed by atoms with Crippen LogP contribution in [0.25, 0.3) is 0 Å². The van der Waals surface area contributed by atoms with E-state index in [0.717, 1.165) is 0 Å². The zero-order chi connectivity index (χ0) is 15.1. The van der Waals surface area contributed by atoms with Crippen molar-refractivity contribution in [1.82, 2.24) is 0 Å². The van der Waals surface area contributed by atoms with Gasteiger partial charge in [-0.2, -0.15) is 5.26 Å². The van der Waals surface area contributed by atoms with Gasteiger partial charge in [0.05, 0.1) is 32.5 Å². The molecular weight excluding hydrogens is 274 g/mol. The van der Waals surface area contributed by atoms with E-state index in [4.69, 9.17) is 19.2 Å². The van der Waals surface area contributed by atoms with Gasteiger partial charge in [0, 0.05) is 25.7 Å². The highest BCUT2D eigenvalue weighted by Crippen LogP contribution is 2.27. The van der Waals surface area contributed by atoms with Gasteiger partial charge in [0.1, 0.15) is 11.4 Å². The molecule has 0 amide bonds. The molecule has 0 N–H and O–H groups in total. The van der Waals surface area contributed by atoms with E-state index in [1.54, 1.807) is 0 Å². The number of carbonyl (C=O) groups excluding carboxylic acids is 1. The standard InChI is InChI=1S/C9H17NO2Si.C5H8O2/c1-13(2,3)12-9(8-10)4-6-11-7-5-9;6-5-1-3-7-4-2-5/h4-7H2,1-3H3;1-4H2. The van der Waals surface area contributed by atoms with Gasteiger partial charge < -0.3 is 13.9 Å². The van der Waals surface area contributed by atoms with E-state index in [0.29, 0.717) is 57.9 Å². The fourth-order valence-electron chi connectivity index (χ4n) is 2.12. The zero-order valence-electron chi connectivity index (χ0n) is 12.7. The highest BCUT2D eigenvalue weighted by molar-refractivity contribution is 6.69. The van der Waals surface area contributed by atoms with Gasteiger partial charge in [0.25, 0.3) is 0 Å². The molecule has 0 saturated carbocycles. The fraction of sp³-hybridized carbons (Fsp3) is 0.857. The number of ether oxygens (including phenoxy) is 2. The highest BCUT2D eigenvalue weighted by Gasteiger charge is 2.37. The molecular formula is C14H25NO4Si. The predicted octanol–water partition coefficient (Wildman–Crippen LogP) is 2.28. The summed E-state index contributed by atoms with van der Waals surface area (Å²) in [5.41, 5.74) is -0.553. The molecule has 0 aromatic heterocycles. The topological polar surface area (TPSA) is 68.5 Å². The average molecular weight is 299 g/mol. The summed E-state index contributed by atoms with van der Waals surface area (Å²) in [6, 6.07) is 2.31. The second-order valence-electron chi connectivity index (χ2n) is 6.08. The Hall–Kier alpha value is -0.743.